The van der Waals surface area contributed by atoms with Gasteiger partial charge in [0.1, 0.15) is 0 Å². The Labute approximate surface area is 66.8 Å². The van der Waals surface area contributed by atoms with E-state index in [1.807, 2.05) is 6.26 Å². The van der Waals surface area contributed by atoms with Crippen molar-refractivity contribution >= 4 is 34.9 Å². The fraction of sp³-hybridized carbons (Fsp3) is 0.500. The molecule has 0 aliphatic carbocycles. The molecule has 0 atom stereocenters. The summed E-state index contributed by atoms with van der Waals surface area (Å²) in [5.41, 5.74) is 0. The third-order valence-electron chi connectivity index (χ3n) is 0.717. The number of nitrogens with zero attached hydrogens (tertiary/aromatic N) is 2. The molecule has 0 radical (unpaired) electrons. The third-order valence-corrected chi connectivity index (χ3v) is 2.10. The van der Waals surface area contributed by atoms with Gasteiger partial charge >= 0.3 is 0 Å². The first-order chi connectivity index (χ1) is 4.33. The summed E-state index contributed by atoms with van der Waals surface area (Å²) in [7, 11) is 0. The van der Waals surface area contributed by atoms with E-state index in [4.69, 9.17) is 11.6 Å². The molecule has 0 saturated heterocycles. The molecule has 0 aliphatic rings. The van der Waals surface area contributed by atoms with Crippen molar-refractivity contribution in [2.45, 2.75) is 5.75 Å². The summed E-state index contributed by atoms with van der Waals surface area (Å²) in [6.45, 7) is 0. The van der Waals surface area contributed by atoms with E-state index in [0.29, 0.717) is 4.47 Å². The van der Waals surface area contributed by atoms with Crippen LogP contribution in [0.5, 0.6) is 0 Å². The third kappa shape index (κ3) is 2.12. The first-order valence-corrected chi connectivity index (χ1v) is 4.84. The minimum absolute atomic E-state index is 0.527. The van der Waals surface area contributed by atoms with Gasteiger partial charge in [0, 0.05) is 0 Å². The zero-order valence-corrected chi connectivity index (χ0v) is 7.18. The van der Waals surface area contributed by atoms with Crippen LogP contribution in [0.3, 0.4) is 0 Å². The van der Waals surface area contributed by atoms with E-state index in [1.54, 1.807) is 11.8 Å². The van der Waals surface area contributed by atoms with Crippen molar-refractivity contribution in [2.24, 2.45) is 0 Å². The van der Waals surface area contributed by atoms with Crippen LogP contribution in [-0.4, -0.2) is 15.6 Å². The van der Waals surface area contributed by atoms with Gasteiger partial charge in [-0.3, -0.25) is 0 Å². The Hall–Kier alpha value is 0.200. The van der Waals surface area contributed by atoms with Crippen molar-refractivity contribution in [1.82, 2.24) is 9.36 Å². The molecule has 0 spiro atoms. The van der Waals surface area contributed by atoms with Crippen LogP contribution >= 0.6 is 34.9 Å². The smallest absolute Gasteiger partial charge is 0.203 e. The lowest BCUT2D eigenvalue weighted by molar-refractivity contribution is 1.14. The Morgan fingerprint density at radius 1 is 1.78 bits per heavy atom. The van der Waals surface area contributed by atoms with Crippen molar-refractivity contribution in [3.8, 4) is 0 Å². The maximum atomic E-state index is 5.53. The zero-order chi connectivity index (χ0) is 6.69. The Balaban J connectivity index is 2.61. The quantitative estimate of drug-likeness (QED) is 0.697. The molecular weight excluding hydrogens is 176 g/mol. The molecule has 5 heteroatoms. The second-order valence-corrected chi connectivity index (χ2v) is 3.60. The molecule has 1 aromatic rings. The summed E-state index contributed by atoms with van der Waals surface area (Å²) in [6.07, 6.45) is 2.01. The Kier molecular flexibility index (Phi) is 2.75. The van der Waals surface area contributed by atoms with Gasteiger partial charge in [-0.1, -0.05) is 0 Å². The predicted octanol–water partition coefficient (Wildman–Crippen LogP) is 2.05. The molecule has 0 amide bonds. The maximum Gasteiger partial charge on any atom is 0.203 e. The molecular formula is C4H5ClN2S2. The number of thioether (sulfide) groups is 1. The van der Waals surface area contributed by atoms with Gasteiger partial charge in [-0.2, -0.15) is 16.1 Å². The molecule has 1 heterocycles. The van der Waals surface area contributed by atoms with Crippen LogP contribution in [0.25, 0.3) is 0 Å². The highest BCUT2D eigenvalue weighted by atomic mass is 35.5. The minimum Gasteiger partial charge on any atom is -0.207 e. The van der Waals surface area contributed by atoms with Crippen LogP contribution in [0.15, 0.2) is 0 Å². The fourth-order valence-electron chi connectivity index (χ4n) is 0.420. The monoisotopic (exact) mass is 180 g/mol. The Morgan fingerprint density at radius 2 is 2.56 bits per heavy atom. The molecule has 0 aromatic carbocycles. The SMILES string of the molecule is CSCc1nsc(Cl)n1. The van der Waals surface area contributed by atoms with Gasteiger partial charge in [-0.25, -0.2) is 4.98 Å². The number of rotatable bonds is 2. The molecule has 0 N–H and O–H groups in total. The van der Waals surface area contributed by atoms with E-state index in [9.17, 15) is 0 Å². The van der Waals surface area contributed by atoms with Crippen molar-refractivity contribution in [2.75, 3.05) is 6.26 Å². The molecule has 9 heavy (non-hydrogen) atoms. The molecule has 0 fully saturated rings. The molecule has 50 valence electrons. The number of hydrogen-bond acceptors (Lipinski definition) is 4. The van der Waals surface area contributed by atoms with Crippen molar-refractivity contribution in [3.63, 3.8) is 0 Å². The molecule has 0 bridgehead atoms. The second-order valence-electron chi connectivity index (χ2n) is 1.40. The number of aromatic nitrogens is 2. The van der Waals surface area contributed by atoms with E-state index in [2.05, 4.69) is 9.36 Å². The average Bonchev–Trinajstić information content (AvgIpc) is 2.17. The predicted molar refractivity (Wildman–Crippen MR) is 42.1 cm³/mol. The summed E-state index contributed by atoms with van der Waals surface area (Å²) >= 11 is 8.46. The van der Waals surface area contributed by atoms with E-state index < -0.39 is 0 Å². The number of hydrogen-bond donors (Lipinski definition) is 0. The molecule has 0 saturated carbocycles. The van der Waals surface area contributed by atoms with Crippen LogP contribution in [0.4, 0.5) is 0 Å². The van der Waals surface area contributed by atoms with Crippen molar-refractivity contribution < 1.29 is 0 Å². The van der Waals surface area contributed by atoms with E-state index in [-0.39, 0.29) is 0 Å². The molecule has 0 aliphatic heterocycles. The topological polar surface area (TPSA) is 25.8 Å². The number of halogens is 1. The van der Waals surface area contributed by atoms with Gasteiger partial charge < -0.3 is 0 Å². The van der Waals surface area contributed by atoms with Gasteiger partial charge in [0.25, 0.3) is 0 Å². The summed E-state index contributed by atoms with van der Waals surface area (Å²) < 4.78 is 4.51. The van der Waals surface area contributed by atoms with Gasteiger partial charge in [-0.15, -0.1) is 0 Å². The second kappa shape index (κ2) is 3.39. The maximum absolute atomic E-state index is 5.53. The van der Waals surface area contributed by atoms with Crippen molar-refractivity contribution in [3.05, 3.63) is 10.3 Å². The highest BCUT2D eigenvalue weighted by Gasteiger charge is 1.98. The summed E-state index contributed by atoms with van der Waals surface area (Å²) in [6, 6.07) is 0. The molecule has 1 rings (SSSR count). The van der Waals surface area contributed by atoms with Crippen LogP contribution in [0.2, 0.25) is 4.47 Å². The lowest BCUT2D eigenvalue weighted by Crippen LogP contribution is -1.79. The Morgan fingerprint density at radius 3 is 3.00 bits per heavy atom. The largest absolute Gasteiger partial charge is 0.207 e. The van der Waals surface area contributed by atoms with Crippen LogP contribution in [0, 0.1) is 0 Å². The normalized spacial score (nSPS) is 10.0. The van der Waals surface area contributed by atoms with Crippen LogP contribution < -0.4 is 0 Å². The molecule has 2 nitrogen and oxygen atoms in total. The van der Waals surface area contributed by atoms with E-state index >= 15 is 0 Å². The lowest BCUT2D eigenvalue weighted by atomic mass is 10.7. The highest BCUT2D eigenvalue weighted by Crippen LogP contribution is 2.13. The molecule has 1 aromatic heterocycles. The van der Waals surface area contributed by atoms with Gasteiger partial charge in [-0.05, 0) is 29.4 Å². The standard InChI is InChI=1S/C4H5ClN2S2/c1-8-2-3-6-4(5)9-7-3/h2H2,1H3. The Bertz CT molecular complexity index is 188. The molecule has 0 unspecified atom stereocenters. The summed E-state index contributed by atoms with van der Waals surface area (Å²) in [4.78, 5) is 3.95. The van der Waals surface area contributed by atoms with Crippen molar-refractivity contribution in [1.29, 1.82) is 0 Å². The van der Waals surface area contributed by atoms with Crippen LogP contribution in [0.1, 0.15) is 5.82 Å². The van der Waals surface area contributed by atoms with Crippen LogP contribution in [-0.2, 0) is 5.75 Å². The summed E-state index contributed by atoms with van der Waals surface area (Å²) in [5, 5.41) is 0. The minimum atomic E-state index is 0.527. The van der Waals surface area contributed by atoms with E-state index in [0.717, 1.165) is 11.6 Å². The van der Waals surface area contributed by atoms with Gasteiger partial charge in [0.05, 0.1) is 5.75 Å². The zero-order valence-electron chi connectivity index (χ0n) is 4.80. The fourth-order valence-corrected chi connectivity index (χ4v) is 1.52. The average molecular weight is 181 g/mol. The van der Waals surface area contributed by atoms with E-state index in [1.165, 1.54) is 11.5 Å². The summed E-state index contributed by atoms with van der Waals surface area (Å²) in [5.74, 6) is 1.68. The van der Waals surface area contributed by atoms with Gasteiger partial charge in [0.2, 0.25) is 4.47 Å². The van der Waals surface area contributed by atoms with Gasteiger partial charge in [0.15, 0.2) is 5.82 Å². The first-order valence-electron chi connectivity index (χ1n) is 2.30. The lowest BCUT2D eigenvalue weighted by Gasteiger charge is -1.83. The first kappa shape index (κ1) is 7.31. The highest BCUT2D eigenvalue weighted by molar-refractivity contribution is 7.97.